The van der Waals surface area contributed by atoms with Crippen LogP contribution >= 0.6 is 0 Å². The van der Waals surface area contributed by atoms with Gasteiger partial charge >= 0.3 is 0 Å². The topological polar surface area (TPSA) is 92.5 Å². The number of fused-ring (bicyclic) bond motifs is 1. The molecule has 1 saturated carbocycles. The highest BCUT2D eigenvalue weighted by Gasteiger charge is 2.23. The zero-order valence-electron chi connectivity index (χ0n) is 21.2. The van der Waals surface area contributed by atoms with Crippen LogP contribution in [0.4, 0.5) is 11.8 Å². The van der Waals surface area contributed by atoms with Gasteiger partial charge < -0.3 is 24.7 Å². The molecule has 0 aromatic carbocycles. The number of ether oxygens (including phenoxy) is 1. The minimum absolute atomic E-state index is 0.0458. The molecule has 1 aliphatic heterocycles. The number of carbonyl (C=O) groups is 1. The summed E-state index contributed by atoms with van der Waals surface area (Å²) in [7, 11) is 1.89. The van der Waals surface area contributed by atoms with E-state index in [0.29, 0.717) is 67.3 Å². The van der Waals surface area contributed by atoms with Gasteiger partial charge in [-0.3, -0.25) is 4.79 Å². The third-order valence-electron chi connectivity index (χ3n) is 6.25. The molecule has 1 aliphatic carbocycles. The van der Waals surface area contributed by atoms with Gasteiger partial charge in [0.25, 0.3) is 0 Å². The van der Waals surface area contributed by atoms with Crippen molar-refractivity contribution in [3.05, 3.63) is 35.4 Å². The summed E-state index contributed by atoms with van der Waals surface area (Å²) in [6.45, 7) is 10.6. The SMILES string of the molecule is C/C=C(\C=C(/NC)Nc1nc(N2CCOCC2)c2oc(C(=O)CC)cc2n1)C1CCCC1.CC. The average molecular weight is 470 g/mol. The number of hydrogen-bond donors (Lipinski definition) is 2. The fraction of sp³-hybridized carbons (Fsp3) is 0.577. The minimum Gasteiger partial charge on any atom is -0.447 e. The van der Waals surface area contributed by atoms with Crippen molar-refractivity contribution in [2.24, 2.45) is 5.92 Å². The van der Waals surface area contributed by atoms with Crippen LogP contribution in [0.1, 0.15) is 70.4 Å². The van der Waals surface area contributed by atoms with Gasteiger partial charge in [0.05, 0.1) is 13.2 Å². The van der Waals surface area contributed by atoms with E-state index in [1.165, 1.54) is 31.3 Å². The molecule has 4 rings (SSSR count). The number of furan rings is 1. The molecule has 2 fully saturated rings. The summed E-state index contributed by atoms with van der Waals surface area (Å²) in [4.78, 5) is 23.8. The van der Waals surface area contributed by atoms with Crippen LogP contribution in [0.15, 0.2) is 34.0 Å². The maximum Gasteiger partial charge on any atom is 0.231 e. The van der Waals surface area contributed by atoms with Crippen LogP contribution in [0, 0.1) is 5.92 Å². The zero-order valence-corrected chi connectivity index (χ0v) is 21.2. The Bertz CT molecular complexity index is 1010. The Morgan fingerprint density at radius 3 is 2.53 bits per heavy atom. The fourth-order valence-corrected chi connectivity index (χ4v) is 4.43. The van der Waals surface area contributed by atoms with Gasteiger partial charge in [0.1, 0.15) is 11.3 Å². The molecule has 0 spiro atoms. The number of ketones is 1. The number of carbonyl (C=O) groups excluding carboxylic acids is 1. The molecule has 186 valence electrons. The standard InChI is InChI=1S/C24H33N5O3.C2H6/c1-4-16(17-8-6-7-9-17)14-21(25-3)27-24-26-18-15-20(19(30)5-2)32-22(18)23(28-24)29-10-12-31-13-11-29;1-2/h4,14-15,17,25H,5-13H2,1-3H3,(H,26,27,28);1-2H3/b16-4+,21-14+;. The van der Waals surface area contributed by atoms with Crippen molar-refractivity contribution in [1.29, 1.82) is 0 Å². The van der Waals surface area contributed by atoms with Crippen LogP contribution in [-0.2, 0) is 4.74 Å². The molecule has 8 nitrogen and oxygen atoms in total. The largest absolute Gasteiger partial charge is 0.447 e. The number of morpholine rings is 1. The number of aromatic nitrogens is 2. The molecule has 3 heterocycles. The molecule has 2 aromatic heterocycles. The van der Waals surface area contributed by atoms with E-state index in [1.807, 2.05) is 27.8 Å². The maximum absolute atomic E-state index is 12.2. The van der Waals surface area contributed by atoms with E-state index in [0.717, 1.165) is 5.82 Å². The van der Waals surface area contributed by atoms with Crippen molar-refractivity contribution in [2.75, 3.05) is 43.6 Å². The first-order valence-electron chi connectivity index (χ1n) is 12.6. The normalized spacial score (nSPS) is 17.5. The molecule has 0 radical (unpaired) electrons. The lowest BCUT2D eigenvalue weighted by Gasteiger charge is -2.28. The molecule has 2 N–H and O–H groups in total. The predicted octanol–water partition coefficient (Wildman–Crippen LogP) is 5.29. The van der Waals surface area contributed by atoms with Gasteiger partial charge in [-0.1, -0.05) is 39.7 Å². The van der Waals surface area contributed by atoms with E-state index in [-0.39, 0.29) is 5.78 Å². The summed E-state index contributed by atoms with van der Waals surface area (Å²) in [5.74, 6) is 2.88. The van der Waals surface area contributed by atoms with Crippen LogP contribution in [-0.4, -0.2) is 49.1 Å². The fourth-order valence-electron chi connectivity index (χ4n) is 4.43. The molecule has 2 aliphatic rings. The molecule has 0 amide bonds. The van der Waals surface area contributed by atoms with Crippen LogP contribution in [0.5, 0.6) is 0 Å². The minimum atomic E-state index is -0.0458. The number of Topliss-reactive ketones (excluding diaryl/α,β-unsaturated/α-hetero) is 1. The van der Waals surface area contributed by atoms with Gasteiger partial charge in [-0.05, 0) is 37.3 Å². The molecule has 0 atom stereocenters. The second-order valence-electron chi connectivity index (χ2n) is 8.28. The second-order valence-corrected chi connectivity index (χ2v) is 8.28. The number of nitrogens with zero attached hydrogens (tertiary/aromatic N) is 3. The molecule has 34 heavy (non-hydrogen) atoms. The molecule has 0 bridgehead atoms. The van der Waals surface area contributed by atoms with Gasteiger partial charge in [0.2, 0.25) is 5.95 Å². The Balaban J connectivity index is 0.00000158. The molecular formula is C26H39N5O3. The monoisotopic (exact) mass is 469 g/mol. The molecule has 2 aromatic rings. The van der Waals surface area contributed by atoms with Crippen molar-refractivity contribution in [2.45, 2.75) is 59.8 Å². The summed E-state index contributed by atoms with van der Waals surface area (Å²) in [6.07, 6.45) is 9.78. The third kappa shape index (κ3) is 5.97. The van der Waals surface area contributed by atoms with E-state index < -0.39 is 0 Å². The Morgan fingerprint density at radius 1 is 1.21 bits per heavy atom. The Kier molecular flexibility index (Phi) is 9.51. The number of hydrogen-bond acceptors (Lipinski definition) is 8. The lowest BCUT2D eigenvalue weighted by Crippen LogP contribution is -2.37. The van der Waals surface area contributed by atoms with Gasteiger partial charge in [0, 0.05) is 32.6 Å². The molecule has 8 heteroatoms. The van der Waals surface area contributed by atoms with Crippen molar-refractivity contribution < 1.29 is 13.9 Å². The molecule has 0 unspecified atom stereocenters. The highest BCUT2D eigenvalue weighted by Crippen LogP contribution is 2.33. The first-order chi connectivity index (χ1) is 16.6. The van der Waals surface area contributed by atoms with Crippen molar-refractivity contribution in [1.82, 2.24) is 15.3 Å². The number of nitrogens with one attached hydrogen (secondary N) is 2. The maximum atomic E-state index is 12.2. The van der Waals surface area contributed by atoms with Crippen LogP contribution in [0.2, 0.25) is 0 Å². The number of allylic oxidation sites excluding steroid dienone is 3. The highest BCUT2D eigenvalue weighted by molar-refractivity contribution is 5.98. The Hall–Kier alpha value is -2.87. The number of rotatable bonds is 8. The van der Waals surface area contributed by atoms with Crippen molar-refractivity contribution >= 4 is 28.6 Å². The summed E-state index contributed by atoms with van der Waals surface area (Å²) >= 11 is 0. The van der Waals surface area contributed by atoms with E-state index in [1.54, 1.807) is 6.07 Å². The first-order valence-corrected chi connectivity index (χ1v) is 12.6. The van der Waals surface area contributed by atoms with E-state index in [4.69, 9.17) is 14.1 Å². The quantitative estimate of drug-likeness (QED) is 0.398. The second kappa shape index (κ2) is 12.6. The third-order valence-corrected chi connectivity index (χ3v) is 6.25. The Labute approximate surface area is 202 Å². The summed E-state index contributed by atoms with van der Waals surface area (Å²) in [6, 6.07) is 1.72. The predicted molar refractivity (Wildman–Crippen MR) is 137 cm³/mol. The van der Waals surface area contributed by atoms with Crippen LogP contribution in [0.3, 0.4) is 0 Å². The van der Waals surface area contributed by atoms with Gasteiger partial charge in [0.15, 0.2) is 22.9 Å². The van der Waals surface area contributed by atoms with E-state index in [9.17, 15) is 4.79 Å². The molecule has 1 saturated heterocycles. The smallest absolute Gasteiger partial charge is 0.231 e. The summed E-state index contributed by atoms with van der Waals surface area (Å²) in [5, 5.41) is 6.58. The lowest BCUT2D eigenvalue weighted by atomic mass is 9.97. The number of anilines is 2. The van der Waals surface area contributed by atoms with Crippen LogP contribution in [0.25, 0.3) is 11.1 Å². The lowest BCUT2D eigenvalue weighted by molar-refractivity contribution is 0.0963. The summed E-state index contributed by atoms with van der Waals surface area (Å²) in [5.41, 5.74) is 2.50. The molecular weight excluding hydrogens is 430 g/mol. The van der Waals surface area contributed by atoms with Crippen molar-refractivity contribution in [3.8, 4) is 0 Å². The highest BCUT2D eigenvalue weighted by atomic mass is 16.5. The van der Waals surface area contributed by atoms with Crippen LogP contribution < -0.4 is 15.5 Å². The van der Waals surface area contributed by atoms with Gasteiger partial charge in [-0.25, -0.2) is 4.98 Å². The average Bonchev–Trinajstić information content (AvgIpc) is 3.58. The first kappa shape index (κ1) is 25.7. The summed E-state index contributed by atoms with van der Waals surface area (Å²) < 4.78 is 11.4. The Morgan fingerprint density at radius 2 is 1.91 bits per heavy atom. The van der Waals surface area contributed by atoms with E-state index >= 15 is 0 Å². The van der Waals surface area contributed by atoms with Gasteiger partial charge in [-0.2, -0.15) is 4.98 Å². The zero-order chi connectivity index (χ0) is 24.5. The van der Waals surface area contributed by atoms with Gasteiger partial charge in [-0.15, -0.1) is 0 Å². The van der Waals surface area contributed by atoms with Crippen molar-refractivity contribution in [3.63, 3.8) is 0 Å². The van der Waals surface area contributed by atoms with E-state index in [2.05, 4.69) is 39.6 Å².